The summed E-state index contributed by atoms with van der Waals surface area (Å²) in [6, 6.07) is 6.15. The zero-order chi connectivity index (χ0) is 12.8. The number of anilines is 2. The number of hydrogen-bond donors (Lipinski definition) is 1. The molecule has 0 spiro atoms. The topological polar surface area (TPSA) is 32.5 Å². The molecule has 0 saturated carbocycles. The summed E-state index contributed by atoms with van der Waals surface area (Å²) >= 11 is 2.36. The molecule has 0 aliphatic carbocycles. The average molecular weight is 347 g/mol. The molecule has 0 saturated heterocycles. The van der Waals surface area contributed by atoms with E-state index >= 15 is 0 Å². The van der Waals surface area contributed by atoms with Gasteiger partial charge in [-0.15, -0.1) is 0 Å². The third-order valence-corrected chi connectivity index (χ3v) is 3.49. The Labute approximate surface area is 118 Å². The van der Waals surface area contributed by atoms with Crippen molar-refractivity contribution in [1.29, 1.82) is 0 Å². The largest absolute Gasteiger partial charge is 0.399 e. The number of likely N-dealkylation sites (N-methyl/N-ethyl adjacent to an activating group) is 1. The van der Waals surface area contributed by atoms with Gasteiger partial charge in [0.25, 0.3) is 0 Å². The Hall–Kier alpha value is -0.490. The van der Waals surface area contributed by atoms with Crippen LogP contribution in [0.1, 0.15) is 13.3 Å². The van der Waals surface area contributed by atoms with E-state index in [1.807, 2.05) is 12.1 Å². The summed E-state index contributed by atoms with van der Waals surface area (Å²) in [6.45, 7) is 5.43. The minimum absolute atomic E-state index is 0.835. The maximum Gasteiger partial charge on any atom is 0.0503 e. The van der Waals surface area contributed by atoms with Crippen molar-refractivity contribution in [2.45, 2.75) is 13.3 Å². The highest BCUT2D eigenvalue weighted by molar-refractivity contribution is 14.1. The molecular formula is C13H22IN3. The van der Waals surface area contributed by atoms with E-state index in [0.29, 0.717) is 0 Å². The number of rotatable bonds is 6. The first-order valence-corrected chi connectivity index (χ1v) is 7.07. The molecule has 0 unspecified atom stereocenters. The van der Waals surface area contributed by atoms with Crippen LogP contribution in [0.2, 0.25) is 0 Å². The quantitative estimate of drug-likeness (QED) is 0.634. The molecule has 0 bridgehead atoms. The normalized spacial score (nSPS) is 10.9. The lowest BCUT2D eigenvalue weighted by Gasteiger charge is -2.27. The van der Waals surface area contributed by atoms with Crippen LogP contribution < -0.4 is 10.6 Å². The van der Waals surface area contributed by atoms with E-state index < -0.39 is 0 Å². The fraction of sp³-hybridized carbons (Fsp3) is 0.538. The number of nitrogens with two attached hydrogens (primary N) is 1. The van der Waals surface area contributed by atoms with Crippen LogP contribution >= 0.6 is 22.6 Å². The standard InChI is InChI=1S/C13H22IN3/c1-4-7-17(9-8-16(2)3)13-6-5-11(15)10-12(13)14/h5-6,10H,4,7-9,15H2,1-3H3. The first kappa shape index (κ1) is 14.6. The monoisotopic (exact) mass is 347 g/mol. The zero-order valence-electron chi connectivity index (χ0n) is 10.9. The van der Waals surface area contributed by atoms with E-state index in [9.17, 15) is 0 Å². The number of benzene rings is 1. The van der Waals surface area contributed by atoms with Crippen molar-refractivity contribution >= 4 is 34.0 Å². The fourth-order valence-corrected chi connectivity index (χ4v) is 2.60. The summed E-state index contributed by atoms with van der Waals surface area (Å²) in [5.41, 5.74) is 7.92. The summed E-state index contributed by atoms with van der Waals surface area (Å²) in [7, 11) is 4.22. The molecule has 4 heteroatoms. The van der Waals surface area contributed by atoms with Crippen LogP contribution in [-0.4, -0.2) is 38.6 Å². The van der Waals surface area contributed by atoms with Gasteiger partial charge in [-0.05, 0) is 61.3 Å². The van der Waals surface area contributed by atoms with Crippen LogP contribution in [0, 0.1) is 3.57 Å². The molecule has 0 radical (unpaired) electrons. The Morgan fingerprint density at radius 1 is 1.18 bits per heavy atom. The molecule has 0 aliphatic rings. The highest BCUT2D eigenvalue weighted by Crippen LogP contribution is 2.24. The van der Waals surface area contributed by atoms with Crippen LogP contribution in [0.3, 0.4) is 0 Å². The van der Waals surface area contributed by atoms with Crippen LogP contribution in [0.15, 0.2) is 18.2 Å². The second-order valence-electron chi connectivity index (χ2n) is 4.50. The highest BCUT2D eigenvalue weighted by atomic mass is 127. The second kappa shape index (κ2) is 7.06. The average Bonchev–Trinajstić information content (AvgIpc) is 2.24. The smallest absolute Gasteiger partial charge is 0.0503 e. The van der Waals surface area contributed by atoms with Crippen molar-refractivity contribution in [2.24, 2.45) is 0 Å². The summed E-state index contributed by atoms with van der Waals surface area (Å²) in [6.07, 6.45) is 1.16. The molecular weight excluding hydrogens is 325 g/mol. The molecule has 0 atom stereocenters. The number of nitrogens with zero attached hydrogens (tertiary/aromatic N) is 2. The fourth-order valence-electron chi connectivity index (χ4n) is 1.72. The van der Waals surface area contributed by atoms with Crippen LogP contribution in [-0.2, 0) is 0 Å². The molecule has 0 amide bonds. The summed E-state index contributed by atoms with van der Waals surface area (Å²) < 4.78 is 1.23. The Morgan fingerprint density at radius 2 is 1.88 bits per heavy atom. The van der Waals surface area contributed by atoms with E-state index in [1.54, 1.807) is 0 Å². The van der Waals surface area contributed by atoms with Gasteiger partial charge in [-0.25, -0.2) is 0 Å². The van der Waals surface area contributed by atoms with Gasteiger partial charge in [-0.3, -0.25) is 0 Å². The molecule has 3 nitrogen and oxygen atoms in total. The lowest BCUT2D eigenvalue weighted by atomic mass is 10.2. The molecule has 1 aromatic rings. The molecule has 17 heavy (non-hydrogen) atoms. The highest BCUT2D eigenvalue weighted by Gasteiger charge is 2.09. The minimum Gasteiger partial charge on any atom is -0.399 e. The molecule has 0 fully saturated rings. The van der Waals surface area contributed by atoms with Gasteiger partial charge in [0.1, 0.15) is 0 Å². The molecule has 0 aromatic heterocycles. The Kier molecular flexibility index (Phi) is 6.05. The third kappa shape index (κ3) is 4.71. The van der Waals surface area contributed by atoms with Crippen LogP contribution in [0.25, 0.3) is 0 Å². The van der Waals surface area contributed by atoms with E-state index in [1.165, 1.54) is 9.26 Å². The SMILES string of the molecule is CCCN(CCN(C)C)c1ccc(N)cc1I. The van der Waals surface area contributed by atoms with Gasteiger partial charge in [0.05, 0.1) is 5.69 Å². The summed E-state index contributed by atoms with van der Waals surface area (Å²) in [5, 5.41) is 0. The molecule has 96 valence electrons. The van der Waals surface area contributed by atoms with Crippen molar-refractivity contribution in [3.8, 4) is 0 Å². The molecule has 1 rings (SSSR count). The van der Waals surface area contributed by atoms with Gasteiger partial charge in [0, 0.05) is 28.9 Å². The van der Waals surface area contributed by atoms with Crippen molar-refractivity contribution in [1.82, 2.24) is 4.90 Å². The molecule has 1 aromatic carbocycles. The Bertz CT molecular complexity index is 353. The van der Waals surface area contributed by atoms with Gasteiger partial charge in [-0.2, -0.15) is 0 Å². The lowest BCUT2D eigenvalue weighted by molar-refractivity contribution is 0.413. The van der Waals surface area contributed by atoms with Gasteiger partial charge >= 0.3 is 0 Å². The maximum atomic E-state index is 5.79. The third-order valence-electron chi connectivity index (χ3n) is 2.62. The van der Waals surface area contributed by atoms with Crippen LogP contribution in [0.5, 0.6) is 0 Å². The van der Waals surface area contributed by atoms with Crippen LogP contribution in [0.4, 0.5) is 11.4 Å². The van der Waals surface area contributed by atoms with Crippen molar-refractivity contribution in [3.63, 3.8) is 0 Å². The maximum absolute atomic E-state index is 5.79. The first-order chi connectivity index (χ1) is 8.04. The molecule has 0 heterocycles. The number of nitrogen functional groups attached to an aromatic ring is 1. The van der Waals surface area contributed by atoms with Gasteiger partial charge < -0.3 is 15.5 Å². The first-order valence-electron chi connectivity index (χ1n) is 5.99. The second-order valence-corrected chi connectivity index (χ2v) is 5.66. The number of halogens is 1. The predicted molar refractivity (Wildman–Crippen MR) is 84.6 cm³/mol. The summed E-state index contributed by atoms with van der Waals surface area (Å²) in [5.74, 6) is 0. The summed E-state index contributed by atoms with van der Waals surface area (Å²) in [4.78, 5) is 4.65. The molecule has 2 N–H and O–H groups in total. The van der Waals surface area contributed by atoms with Gasteiger partial charge in [0.2, 0.25) is 0 Å². The van der Waals surface area contributed by atoms with E-state index in [-0.39, 0.29) is 0 Å². The number of hydrogen-bond acceptors (Lipinski definition) is 3. The van der Waals surface area contributed by atoms with Crippen molar-refractivity contribution in [3.05, 3.63) is 21.8 Å². The predicted octanol–water partition coefficient (Wildman–Crippen LogP) is 2.65. The molecule has 0 aliphatic heterocycles. The van der Waals surface area contributed by atoms with Crippen molar-refractivity contribution < 1.29 is 0 Å². The van der Waals surface area contributed by atoms with Crippen molar-refractivity contribution in [2.75, 3.05) is 44.4 Å². The van der Waals surface area contributed by atoms with E-state index in [2.05, 4.69) is 59.5 Å². The van der Waals surface area contributed by atoms with E-state index in [0.717, 1.165) is 31.7 Å². The lowest BCUT2D eigenvalue weighted by Crippen LogP contribution is -2.32. The Morgan fingerprint density at radius 3 is 2.41 bits per heavy atom. The Balaban J connectivity index is 2.81. The minimum atomic E-state index is 0.835. The van der Waals surface area contributed by atoms with Gasteiger partial charge in [-0.1, -0.05) is 6.92 Å². The zero-order valence-corrected chi connectivity index (χ0v) is 13.1. The van der Waals surface area contributed by atoms with Gasteiger partial charge in [0.15, 0.2) is 0 Å². The van der Waals surface area contributed by atoms with E-state index in [4.69, 9.17) is 5.73 Å².